The average molecular weight is 464 g/mol. The molecule has 1 aliphatic rings. The number of thiazole rings is 1. The monoisotopic (exact) mass is 463 g/mol. The molecule has 1 aliphatic heterocycles. The number of aromatic nitrogens is 2. The van der Waals surface area contributed by atoms with Gasteiger partial charge in [0, 0.05) is 29.8 Å². The van der Waals surface area contributed by atoms with E-state index in [9.17, 15) is 18.4 Å². The van der Waals surface area contributed by atoms with E-state index in [1.165, 1.54) is 0 Å². The van der Waals surface area contributed by atoms with Gasteiger partial charge in [-0.3, -0.25) is 9.78 Å². The Morgan fingerprint density at radius 3 is 2.50 bits per heavy atom. The van der Waals surface area contributed by atoms with Crippen LogP contribution in [0.25, 0.3) is 10.4 Å². The number of hydrogen-bond donors (Lipinski definition) is 1. The zero-order valence-corrected chi connectivity index (χ0v) is 21.4. The van der Waals surface area contributed by atoms with E-state index in [0.717, 1.165) is 16.2 Å². The Morgan fingerprint density at radius 2 is 2.03 bits per heavy atom. The Kier molecular flexibility index (Phi) is 9.25. The van der Waals surface area contributed by atoms with Gasteiger partial charge in [0.25, 0.3) is 11.8 Å². The Morgan fingerprint density at radius 1 is 1.37 bits per heavy atom. The number of halogens is 2. The van der Waals surface area contributed by atoms with Crippen molar-refractivity contribution in [2.24, 2.45) is 0 Å². The SMILES string of the molecule is C[C@H]1CC(F)(F)CN1C(=O)c1nc([C-]=O)sc1-c1ccc(NC(C)(C)C)nc1.[K+].[OH-]. The van der Waals surface area contributed by atoms with E-state index in [0.29, 0.717) is 16.3 Å². The fraction of sp³-hybridized carbons (Fsp3) is 0.474. The molecule has 0 spiro atoms. The van der Waals surface area contributed by atoms with Gasteiger partial charge in [-0.15, -0.1) is 11.3 Å². The van der Waals surface area contributed by atoms with Crippen molar-refractivity contribution in [1.82, 2.24) is 14.9 Å². The predicted octanol–water partition coefficient (Wildman–Crippen LogP) is 0.570. The second-order valence-corrected chi connectivity index (χ2v) is 8.95. The summed E-state index contributed by atoms with van der Waals surface area (Å²) >= 11 is 0.990. The van der Waals surface area contributed by atoms with Gasteiger partial charge in [0.1, 0.15) is 11.5 Å². The van der Waals surface area contributed by atoms with Gasteiger partial charge in [-0.1, -0.05) is 0 Å². The third-order valence-electron chi connectivity index (χ3n) is 4.23. The van der Waals surface area contributed by atoms with Gasteiger partial charge in [0.15, 0.2) is 0 Å². The van der Waals surface area contributed by atoms with E-state index >= 15 is 0 Å². The molecule has 0 bridgehead atoms. The van der Waals surface area contributed by atoms with E-state index in [-0.39, 0.29) is 79.5 Å². The summed E-state index contributed by atoms with van der Waals surface area (Å²) in [5.74, 6) is -2.88. The first-order chi connectivity index (χ1) is 13.0. The van der Waals surface area contributed by atoms with E-state index < -0.39 is 24.4 Å². The Balaban J connectivity index is 0.00000225. The third-order valence-corrected chi connectivity index (χ3v) is 5.24. The molecule has 1 atom stereocenters. The molecule has 0 aromatic carbocycles. The molecule has 7 nitrogen and oxygen atoms in total. The zero-order chi connectivity index (χ0) is 20.7. The minimum atomic E-state index is -2.92. The van der Waals surface area contributed by atoms with E-state index in [4.69, 9.17) is 0 Å². The number of carbonyl (C=O) groups is 1. The maximum absolute atomic E-state index is 13.7. The molecule has 0 radical (unpaired) electrons. The number of hydrogen-bond acceptors (Lipinski definition) is 7. The van der Waals surface area contributed by atoms with Crippen LogP contribution in [-0.4, -0.2) is 56.6 Å². The van der Waals surface area contributed by atoms with Gasteiger partial charge in [-0.25, -0.2) is 20.1 Å². The topological polar surface area (TPSA) is 105 Å². The molecule has 3 rings (SSSR count). The third kappa shape index (κ3) is 6.34. The Labute approximate surface area is 220 Å². The minimum Gasteiger partial charge on any atom is -0.870 e. The van der Waals surface area contributed by atoms with Crippen LogP contribution < -0.4 is 56.7 Å². The first kappa shape index (κ1) is 27.2. The molecule has 30 heavy (non-hydrogen) atoms. The smallest absolute Gasteiger partial charge is 0.870 e. The fourth-order valence-electron chi connectivity index (χ4n) is 3.11. The van der Waals surface area contributed by atoms with E-state index in [1.54, 1.807) is 31.5 Å². The summed E-state index contributed by atoms with van der Waals surface area (Å²) in [5.41, 5.74) is 0.392. The van der Waals surface area contributed by atoms with Crippen molar-refractivity contribution in [1.29, 1.82) is 0 Å². The second-order valence-electron chi connectivity index (χ2n) is 7.95. The van der Waals surface area contributed by atoms with Crippen LogP contribution in [0.15, 0.2) is 18.3 Å². The van der Waals surface area contributed by atoms with Crippen LogP contribution in [0.5, 0.6) is 0 Å². The molecular weight excluding hydrogens is 441 g/mol. The summed E-state index contributed by atoms with van der Waals surface area (Å²) < 4.78 is 27.4. The molecule has 2 aromatic rings. The van der Waals surface area contributed by atoms with Crippen molar-refractivity contribution in [2.75, 3.05) is 11.9 Å². The normalized spacial score (nSPS) is 17.7. The second kappa shape index (κ2) is 10.2. The molecule has 3 heterocycles. The van der Waals surface area contributed by atoms with Crippen LogP contribution in [0, 0.1) is 0 Å². The van der Waals surface area contributed by atoms with Crippen molar-refractivity contribution in [3.8, 4) is 10.4 Å². The number of carbonyl (C=O) groups excluding carboxylic acids is 2. The Bertz CT molecular complexity index is 900. The molecule has 1 amide bonds. The van der Waals surface area contributed by atoms with Crippen LogP contribution in [-0.2, 0) is 4.79 Å². The van der Waals surface area contributed by atoms with Crippen molar-refractivity contribution in [3.63, 3.8) is 0 Å². The number of nitrogens with one attached hydrogen (secondary N) is 1. The van der Waals surface area contributed by atoms with Gasteiger partial charge >= 0.3 is 51.4 Å². The van der Waals surface area contributed by atoms with Crippen LogP contribution in [0.2, 0.25) is 0 Å². The summed E-state index contributed by atoms with van der Waals surface area (Å²) in [7, 11) is 0. The quantitative estimate of drug-likeness (QED) is 0.525. The maximum Gasteiger partial charge on any atom is 1.00 e. The standard InChI is InChI=1S/C19H21F2N4O2S.K.H2O/c1-11-7-19(20,21)10-25(11)17(27)15-16(28-14(9-26)23-15)12-5-6-13(22-8-12)24-18(2,3)4;;/h5-6,8,11H,7,10H2,1-4H3,(H,22,24);;1H2/q-1;+1;/p-1/t11-;;/m0../s1. The number of amides is 1. The van der Waals surface area contributed by atoms with Crippen LogP contribution in [0.3, 0.4) is 0 Å². The number of alkyl halides is 2. The van der Waals surface area contributed by atoms with Crippen molar-refractivity contribution in [2.45, 2.75) is 51.6 Å². The first-order valence-corrected chi connectivity index (χ1v) is 9.63. The first-order valence-electron chi connectivity index (χ1n) is 8.81. The predicted molar refractivity (Wildman–Crippen MR) is 106 cm³/mol. The molecule has 1 saturated heterocycles. The van der Waals surface area contributed by atoms with Gasteiger partial charge in [0.2, 0.25) is 0 Å². The average Bonchev–Trinajstić information content (AvgIpc) is 3.13. The molecule has 0 saturated carbocycles. The molecule has 0 unspecified atom stereocenters. The van der Waals surface area contributed by atoms with Gasteiger partial charge in [-0.2, -0.15) is 0 Å². The summed E-state index contributed by atoms with van der Waals surface area (Å²) in [6.07, 6.45) is 2.85. The van der Waals surface area contributed by atoms with E-state index in [1.807, 2.05) is 20.8 Å². The molecule has 1 fully saturated rings. The number of pyridine rings is 1. The summed E-state index contributed by atoms with van der Waals surface area (Å²) in [5, 5.41) is 3.22. The molecule has 158 valence electrons. The van der Waals surface area contributed by atoms with Crippen molar-refractivity contribution in [3.05, 3.63) is 29.0 Å². The Hall–Kier alpha value is -0.824. The van der Waals surface area contributed by atoms with Crippen molar-refractivity contribution >= 4 is 29.3 Å². The summed E-state index contributed by atoms with van der Waals surface area (Å²) in [6, 6.07) is 2.89. The molecule has 11 heteroatoms. The number of anilines is 1. The number of likely N-dealkylation sites (tertiary alicyclic amines) is 1. The molecule has 0 aliphatic carbocycles. The van der Waals surface area contributed by atoms with E-state index in [2.05, 4.69) is 15.3 Å². The fourth-order valence-corrected chi connectivity index (χ4v) is 3.95. The van der Waals surface area contributed by atoms with Crippen LogP contribution in [0.1, 0.15) is 49.6 Å². The number of nitrogens with zero attached hydrogens (tertiary/aromatic N) is 3. The molecule has 2 N–H and O–H groups in total. The zero-order valence-electron chi connectivity index (χ0n) is 17.5. The minimum absolute atomic E-state index is 0. The summed E-state index contributed by atoms with van der Waals surface area (Å²) in [6.45, 7) is 6.92. The maximum atomic E-state index is 13.7. The van der Waals surface area contributed by atoms with Crippen LogP contribution >= 0.6 is 11.3 Å². The van der Waals surface area contributed by atoms with Crippen molar-refractivity contribution < 1.29 is 75.2 Å². The summed E-state index contributed by atoms with van der Waals surface area (Å²) in [4.78, 5) is 33.9. The van der Waals surface area contributed by atoms with Gasteiger partial charge in [0.05, 0.1) is 11.4 Å². The van der Waals surface area contributed by atoms with Gasteiger partial charge in [-0.05, 0) is 44.8 Å². The van der Waals surface area contributed by atoms with Crippen LogP contribution in [0.4, 0.5) is 14.6 Å². The number of rotatable bonds is 4. The largest absolute Gasteiger partial charge is 1.00 e. The molecule has 2 aromatic heterocycles. The molecular formula is C19H22F2KN4O3S-. The van der Waals surface area contributed by atoms with Gasteiger partial charge < -0.3 is 20.5 Å².